The zero-order valence-corrected chi connectivity index (χ0v) is 15.0. The van der Waals surface area contributed by atoms with Crippen molar-refractivity contribution >= 4 is 46.4 Å². The van der Waals surface area contributed by atoms with Crippen LogP contribution in [0.2, 0.25) is 10.0 Å². The molecule has 2 amide bonds. The molecule has 2 aromatic rings. The maximum Gasteiger partial charge on any atom is 0.265 e. The SMILES string of the molecule is C[C@@H]1CC(=O)Nc2ccccc2N1C(=O)COc1cc(Cl)cc(Cl)c1. The smallest absolute Gasteiger partial charge is 0.265 e. The van der Waals surface area contributed by atoms with E-state index in [1.165, 1.54) is 0 Å². The molecule has 0 aliphatic carbocycles. The van der Waals surface area contributed by atoms with Crippen molar-refractivity contribution < 1.29 is 14.3 Å². The maximum absolute atomic E-state index is 12.8. The zero-order chi connectivity index (χ0) is 18.0. The van der Waals surface area contributed by atoms with E-state index in [0.717, 1.165) is 0 Å². The van der Waals surface area contributed by atoms with Crippen LogP contribution >= 0.6 is 23.2 Å². The molecule has 0 bridgehead atoms. The lowest BCUT2D eigenvalue weighted by atomic mass is 10.1. The molecule has 2 aromatic carbocycles. The van der Waals surface area contributed by atoms with Crippen molar-refractivity contribution in [1.82, 2.24) is 0 Å². The number of fused-ring (bicyclic) bond motifs is 1. The number of nitrogens with zero attached hydrogens (tertiary/aromatic N) is 1. The van der Waals surface area contributed by atoms with Gasteiger partial charge in [-0.05, 0) is 37.3 Å². The van der Waals surface area contributed by atoms with E-state index in [9.17, 15) is 9.59 Å². The first kappa shape index (κ1) is 17.6. The summed E-state index contributed by atoms with van der Waals surface area (Å²) in [4.78, 5) is 26.3. The van der Waals surface area contributed by atoms with Gasteiger partial charge in [0.15, 0.2) is 6.61 Å². The Morgan fingerprint density at radius 1 is 1.24 bits per heavy atom. The third kappa shape index (κ3) is 4.06. The summed E-state index contributed by atoms with van der Waals surface area (Å²) >= 11 is 11.9. The Morgan fingerprint density at radius 3 is 2.64 bits per heavy atom. The number of halogens is 2. The number of carbonyl (C=O) groups is 2. The van der Waals surface area contributed by atoms with Gasteiger partial charge in [0, 0.05) is 22.5 Å². The van der Waals surface area contributed by atoms with Crippen LogP contribution in [0.15, 0.2) is 42.5 Å². The van der Waals surface area contributed by atoms with E-state index in [2.05, 4.69) is 5.32 Å². The van der Waals surface area contributed by atoms with E-state index in [-0.39, 0.29) is 30.9 Å². The van der Waals surface area contributed by atoms with Crippen LogP contribution in [0.4, 0.5) is 11.4 Å². The Morgan fingerprint density at radius 2 is 1.92 bits per heavy atom. The van der Waals surface area contributed by atoms with Crippen LogP contribution in [-0.2, 0) is 9.59 Å². The minimum atomic E-state index is -0.289. The topological polar surface area (TPSA) is 58.6 Å². The van der Waals surface area contributed by atoms with Gasteiger partial charge >= 0.3 is 0 Å². The number of anilines is 2. The average Bonchev–Trinajstić information content (AvgIpc) is 2.66. The molecule has 130 valence electrons. The summed E-state index contributed by atoms with van der Waals surface area (Å²) in [7, 11) is 0. The molecule has 1 heterocycles. The monoisotopic (exact) mass is 378 g/mol. The second-order valence-corrected chi connectivity index (χ2v) is 6.65. The van der Waals surface area contributed by atoms with Crippen LogP contribution in [0.5, 0.6) is 5.75 Å². The molecular weight excluding hydrogens is 363 g/mol. The molecule has 0 saturated heterocycles. The number of rotatable bonds is 3. The fourth-order valence-electron chi connectivity index (χ4n) is 2.79. The Labute approximate surface area is 155 Å². The molecule has 0 spiro atoms. The predicted molar refractivity (Wildman–Crippen MR) is 98.6 cm³/mol. The van der Waals surface area contributed by atoms with Gasteiger partial charge in [0.2, 0.25) is 5.91 Å². The third-order valence-corrected chi connectivity index (χ3v) is 4.26. The summed E-state index contributed by atoms with van der Waals surface area (Å²) in [6, 6.07) is 11.7. The Bertz CT molecular complexity index is 805. The Hall–Kier alpha value is -2.24. The van der Waals surface area contributed by atoms with Crippen LogP contribution in [0, 0.1) is 0 Å². The Kier molecular flexibility index (Phi) is 5.16. The fourth-order valence-corrected chi connectivity index (χ4v) is 3.30. The molecule has 3 rings (SSSR count). The summed E-state index contributed by atoms with van der Waals surface area (Å²) in [6.07, 6.45) is 0.212. The molecule has 5 nitrogen and oxygen atoms in total. The van der Waals surface area contributed by atoms with Crippen LogP contribution in [0.25, 0.3) is 0 Å². The van der Waals surface area contributed by atoms with E-state index in [1.807, 2.05) is 19.1 Å². The quantitative estimate of drug-likeness (QED) is 0.872. The lowest BCUT2D eigenvalue weighted by Crippen LogP contribution is -2.41. The number of amides is 2. The van der Waals surface area contributed by atoms with Gasteiger partial charge in [0.05, 0.1) is 11.4 Å². The summed E-state index contributed by atoms with van der Waals surface area (Å²) in [6.45, 7) is 1.64. The van der Waals surface area contributed by atoms with Gasteiger partial charge in [0.1, 0.15) is 5.75 Å². The zero-order valence-electron chi connectivity index (χ0n) is 13.5. The van der Waals surface area contributed by atoms with Crippen molar-refractivity contribution in [3.8, 4) is 5.75 Å². The number of nitrogens with one attached hydrogen (secondary N) is 1. The van der Waals surface area contributed by atoms with Gasteiger partial charge in [-0.1, -0.05) is 35.3 Å². The van der Waals surface area contributed by atoms with E-state index >= 15 is 0 Å². The Balaban J connectivity index is 1.81. The molecular formula is C18H16Cl2N2O3. The molecule has 1 N–H and O–H groups in total. The van der Waals surface area contributed by atoms with Crippen LogP contribution in [0.3, 0.4) is 0 Å². The second kappa shape index (κ2) is 7.33. The molecule has 1 aliphatic heterocycles. The molecule has 0 saturated carbocycles. The van der Waals surface area contributed by atoms with Crippen molar-refractivity contribution in [2.75, 3.05) is 16.8 Å². The van der Waals surface area contributed by atoms with Crippen molar-refractivity contribution in [1.29, 1.82) is 0 Å². The van der Waals surface area contributed by atoms with Crippen molar-refractivity contribution in [3.05, 3.63) is 52.5 Å². The number of hydrogen-bond acceptors (Lipinski definition) is 3. The highest BCUT2D eigenvalue weighted by molar-refractivity contribution is 6.34. The fraction of sp³-hybridized carbons (Fsp3) is 0.222. The number of benzene rings is 2. The number of ether oxygens (including phenoxy) is 1. The molecule has 0 aromatic heterocycles. The van der Waals surface area contributed by atoms with E-state index in [0.29, 0.717) is 27.2 Å². The first-order valence-corrected chi connectivity index (χ1v) is 8.49. The molecule has 25 heavy (non-hydrogen) atoms. The summed E-state index contributed by atoms with van der Waals surface area (Å²) in [5.41, 5.74) is 1.26. The minimum Gasteiger partial charge on any atom is -0.484 e. The first-order valence-electron chi connectivity index (χ1n) is 7.74. The number of hydrogen-bond donors (Lipinski definition) is 1. The van der Waals surface area contributed by atoms with Gasteiger partial charge in [-0.25, -0.2) is 0 Å². The normalized spacial score (nSPS) is 16.7. The molecule has 0 radical (unpaired) electrons. The average molecular weight is 379 g/mol. The molecule has 0 unspecified atom stereocenters. The number of carbonyl (C=O) groups excluding carboxylic acids is 2. The van der Waals surface area contributed by atoms with Gasteiger partial charge in [-0.15, -0.1) is 0 Å². The molecule has 1 aliphatic rings. The van der Waals surface area contributed by atoms with Crippen molar-refractivity contribution in [2.45, 2.75) is 19.4 Å². The predicted octanol–water partition coefficient (Wildman–Crippen LogP) is 4.14. The highest BCUT2D eigenvalue weighted by atomic mass is 35.5. The van der Waals surface area contributed by atoms with Crippen molar-refractivity contribution in [3.63, 3.8) is 0 Å². The molecule has 1 atom stereocenters. The van der Waals surface area contributed by atoms with Gasteiger partial charge in [-0.2, -0.15) is 0 Å². The van der Waals surface area contributed by atoms with Crippen LogP contribution in [-0.4, -0.2) is 24.5 Å². The van der Waals surface area contributed by atoms with Gasteiger partial charge < -0.3 is 15.0 Å². The van der Waals surface area contributed by atoms with Gasteiger partial charge in [-0.3, -0.25) is 9.59 Å². The van der Waals surface area contributed by atoms with Crippen LogP contribution in [0.1, 0.15) is 13.3 Å². The van der Waals surface area contributed by atoms with E-state index < -0.39 is 0 Å². The highest BCUT2D eigenvalue weighted by Crippen LogP contribution is 2.31. The van der Waals surface area contributed by atoms with Crippen LogP contribution < -0.4 is 15.0 Å². The van der Waals surface area contributed by atoms with Gasteiger partial charge in [0.25, 0.3) is 5.91 Å². The lowest BCUT2D eigenvalue weighted by molar-refractivity contribution is -0.121. The van der Waals surface area contributed by atoms with E-state index in [1.54, 1.807) is 35.2 Å². The summed E-state index contributed by atoms with van der Waals surface area (Å²) < 4.78 is 5.55. The molecule has 0 fully saturated rings. The minimum absolute atomic E-state index is 0.127. The standard InChI is InChI=1S/C18H16Cl2N2O3/c1-11-6-17(23)21-15-4-2-3-5-16(15)22(11)18(24)10-25-14-8-12(19)7-13(20)9-14/h2-5,7-9,11H,6,10H2,1H3,(H,21,23)/t11-/m1/s1. The van der Waals surface area contributed by atoms with Crippen molar-refractivity contribution in [2.24, 2.45) is 0 Å². The third-order valence-electron chi connectivity index (χ3n) is 3.83. The summed E-state index contributed by atoms with van der Waals surface area (Å²) in [5.74, 6) is 0.0288. The first-order chi connectivity index (χ1) is 11.9. The summed E-state index contributed by atoms with van der Waals surface area (Å²) in [5, 5.41) is 3.68. The highest BCUT2D eigenvalue weighted by Gasteiger charge is 2.29. The lowest BCUT2D eigenvalue weighted by Gasteiger charge is -2.27. The second-order valence-electron chi connectivity index (χ2n) is 5.78. The largest absolute Gasteiger partial charge is 0.484 e. The number of para-hydroxylation sites is 2. The molecule has 7 heteroatoms. The van der Waals surface area contributed by atoms with E-state index in [4.69, 9.17) is 27.9 Å². The maximum atomic E-state index is 12.8.